The Labute approximate surface area is 53.9 Å². The fraction of sp³-hybridized carbons (Fsp3) is 0.500. The molecular weight excluding hydrogens is 144 g/mol. The summed E-state index contributed by atoms with van der Waals surface area (Å²) in [4.78, 5) is 0. The van der Waals surface area contributed by atoms with Crippen LogP contribution in [-0.2, 0) is 14.3 Å². The lowest BCUT2D eigenvalue weighted by molar-refractivity contribution is 0.313. The largest absolute Gasteiger partial charge is 0.395 e. The molecule has 0 aliphatic rings. The minimum Gasteiger partial charge on any atom is -0.395 e. The highest BCUT2D eigenvalue weighted by Gasteiger charge is 2.06. The fourth-order valence-electron chi connectivity index (χ4n) is 0.264. The van der Waals surface area contributed by atoms with Crippen molar-refractivity contribution < 1.29 is 17.7 Å². The summed E-state index contributed by atoms with van der Waals surface area (Å²) in [5, 5.41) is 8.14. The Morgan fingerprint density at radius 3 is 2.56 bits per heavy atom. The third-order valence-corrected chi connectivity index (χ3v) is 1.67. The van der Waals surface area contributed by atoms with E-state index >= 15 is 0 Å². The first kappa shape index (κ1) is 8.45. The van der Waals surface area contributed by atoms with E-state index in [1.807, 2.05) is 0 Å². The summed E-state index contributed by atoms with van der Waals surface area (Å²) in [5.41, 5.74) is 0. The molecule has 5 heteroatoms. The maximum atomic E-state index is 10.4. The number of hydrogen-bond acceptors (Lipinski definition) is 4. The fourth-order valence-corrected chi connectivity index (χ4v) is 0.791. The topological polar surface area (TPSA) is 63.6 Å². The van der Waals surface area contributed by atoms with Gasteiger partial charge in [-0.25, -0.2) is 0 Å². The van der Waals surface area contributed by atoms with Crippen LogP contribution in [0.2, 0.25) is 0 Å². The molecule has 9 heavy (non-hydrogen) atoms. The molecule has 0 rings (SSSR count). The van der Waals surface area contributed by atoms with E-state index in [4.69, 9.17) is 5.11 Å². The molecule has 0 spiro atoms. The van der Waals surface area contributed by atoms with E-state index in [2.05, 4.69) is 10.8 Å². The molecule has 0 aromatic carbocycles. The van der Waals surface area contributed by atoms with Crippen LogP contribution in [0, 0.1) is 0 Å². The second-order valence-corrected chi connectivity index (χ2v) is 2.96. The molecule has 0 aromatic rings. The highest BCUT2D eigenvalue weighted by molar-refractivity contribution is 7.86. The van der Waals surface area contributed by atoms with Gasteiger partial charge < -0.3 is 9.29 Å². The van der Waals surface area contributed by atoms with Crippen LogP contribution in [0.3, 0.4) is 0 Å². The molecule has 0 saturated carbocycles. The smallest absolute Gasteiger partial charge is 0.310 e. The van der Waals surface area contributed by atoms with Crippen molar-refractivity contribution in [2.45, 2.75) is 0 Å². The summed E-state index contributed by atoms with van der Waals surface area (Å²) in [6.45, 7) is 2.61. The van der Waals surface area contributed by atoms with Crippen LogP contribution >= 0.6 is 0 Å². The van der Waals surface area contributed by atoms with Crippen LogP contribution in [0.1, 0.15) is 0 Å². The van der Waals surface area contributed by atoms with Gasteiger partial charge in [-0.15, -0.1) is 0 Å². The van der Waals surface area contributed by atoms with Crippen molar-refractivity contribution in [3.8, 4) is 0 Å². The van der Waals surface area contributed by atoms with Gasteiger partial charge in [-0.1, -0.05) is 6.58 Å². The summed E-state index contributed by atoms with van der Waals surface area (Å²) in [7, 11) is -3.55. The second kappa shape index (κ2) is 3.47. The van der Waals surface area contributed by atoms with Crippen LogP contribution in [0.15, 0.2) is 12.8 Å². The Morgan fingerprint density at radius 1 is 1.67 bits per heavy atom. The molecule has 0 saturated heterocycles. The van der Waals surface area contributed by atoms with Gasteiger partial charge >= 0.3 is 10.1 Å². The molecule has 0 aromatic heterocycles. The normalized spacial score (nSPS) is 10.8. The van der Waals surface area contributed by atoms with Crippen LogP contribution in [0.25, 0.3) is 0 Å². The first-order valence-electron chi connectivity index (χ1n) is 2.25. The average Bonchev–Trinajstić information content (AvgIpc) is 1.64. The van der Waals surface area contributed by atoms with Crippen molar-refractivity contribution in [1.82, 2.24) is 0 Å². The average molecular weight is 152 g/mol. The Balaban J connectivity index is 3.88. The minimum atomic E-state index is -3.55. The van der Waals surface area contributed by atoms with E-state index < -0.39 is 16.7 Å². The Morgan fingerprint density at radius 2 is 2.22 bits per heavy atom. The van der Waals surface area contributed by atoms with E-state index in [0.717, 1.165) is 6.26 Å². The highest BCUT2D eigenvalue weighted by atomic mass is 32.2. The lowest BCUT2D eigenvalue weighted by atomic mass is 10.9. The predicted octanol–water partition coefficient (Wildman–Crippen LogP) is -0.531. The predicted molar refractivity (Wildman–Crippen MR) is 32.2 cm³/mol. The number of rotatable bonds is 4. The van der Waals surface area contributed by atoms with Gasteiger partial charge in [0.25, 0.3) is 0 Å². The van der Waals surface area contributed by atoms with Crippen LogP contribution < -0.4 is 0 Å². The zero-order valence-corrected chi connectivity index (χ0v) is 5.60. The summed E-state index contributed by atoms with van der Waals surface area (Å²) >= 11 is 0. The molecule has 1 N–H and O–H groups in total. The molecule has 0 aliphatic carbocycles. The van der Waals surface area contributed by atoms with E-state index in [-0.39, 0.29) is 5.75 Å². The van der Waals surface area contributed by atoms with Gasteiger partial charge in [-0.05, 0) is 0 Å². The van der Waals surface area contributed by atoms with E-state index in [9.17, 15) is 8.42 Å². The van der Waals surface area contributed by atoms with E-state index in [1.165, 1.54) is 0 Å². The number of aliphatic hydroxyl groups is 1. The standard InChI is InChI=1S/C4H8O4S/c1-2-8-9(6,7)4-3-5/h2,5H,1,3-4H2. The number of hydrogen-bond donors (Lipinski definition) is 1. The number of aliphatic hydroxyl groups excluding tert-OH is 1. The van der Waals surface area contributed by atoms with Crippen LogP contribution in [-0.4, -0.2) is 25.9 Å². The van der Waals surface area contributed by atoms with Crippen molar-refractivity contribution in [3.63, 3.8) is 0 Å². The maximum absolute atomic E-state index is 10.4. The van der Waals surface area contributed by atoms with Crippen molar-refractivity contribution >= 4 is 10.1 Å². The van der Waals surface area contributed by atoms with E-state index in [1.54, 1.807) is 0 Å². The van der Waals surface area contributed by atoms with Crippen molar-refractivity contribution in [3.05, 3.63) is 12.8 Å². The molecular formula is C4H8O4S. The molecule has 0 atom stereocenters. The van der Waals surface area contributed by atoms with Gasteiger partial charge in [0, 0.05) is 0 Å². The highest BCUT2D eigenvalue weighted by Crippen LogP contribution is 1.90. The Hall–Kier alpha value is -0.550. The zero-order chi connectivity index (χ0) is 7.33. The van der Waals surface area contributed by atoms with Gasteiger partial charge in [0.2, 0.25) is 0 Å². The first-order chi connectivity index (χ1) is 4.12. The third-order valence-electron chi connectivity index (χ3n) is 0.556. The van der Waals surface area contributed by atoms with Gasteiger partial charge in [0.05, 0.1) is 12.9 Å². The lowest BCUT2D eigenvalue weighted by Crippen LogP contribution is -2.09. The Kier molecular flexibility index (Phi) is 3.26. The minimum absolute atomic E-state index is 0.390. The third kappa shape index (κ3) is 3.99. The summed E-state index contributed by atoms with van der Waals surface area (Å²) in [5.74, 6) is -0.390. The maximum Gasteiger partial charge on any atom is 0.310 e. The monoisotopic (exact) mass is 152 g/mol. The van der Waals surface area contributed by atoms with Gasteiger partial charge in [-0.2, -0.15) is 8.42 Å². The molecule has 0 fully saturated rings. The summed E-state index contributed by atoms with van der Waals surface area (Å²) in [6, 6.07) is 0. The van der Waals surface area contributed by atoms with E-state index in [0.29, 0.717) is 0 Å². The molecule has 54 valence electrons. The van der Waals surface area contributed by atoms with Gasteiger partial charge in [0.1, 0.15) is 5.75 Å². The molecule has 0 aliphatic heterocycles. The lowest BCUT2D eigenvalue weighted by Gasteiger charge is -1.97. The molecule has 0 heterocycles. The molecule has 0 bridgehead atoms. The summed E-state index contributed by atoms with van der Waals surface area (Å²) < 4.78 is 24.8. The zero-order valence-electron chi connectivity index (χ0n) is 4.78. The molecule has 0 amide bonds. The molecule has 4 nitrogen and oxygen atoms in total. The SMILES string of the molecule is C=COS(=O)(=O)CCO. The van der Waals surface area contributed by atoms with Crippen molar-refractivity contribution in [2.24, 2.45) is 0 Å². The summed E-state index contributed by atoms with van der Waals surface area (Å²) in [6.07, 6.45) is 0.811. The first-order valence-corrected chi connectivity index (χ1v) is 3.83. The second-order valence-electron chi connectivity index (χ2n) is 1.25. The quantitative estimate of drug-likeness (QED) is 0.434. The van der Waals surface area contributed by atoms with Crippen LogP contribution in [0.4, 0.5) is 0 Å². The Bertz CT molecular complexity index is 169. The van der Waals surface area contributed by atoms with Crippen LogP contribution in [0.5, 0.6) is 0 Å². The van der Waals surface area contributed by atoms with Crippen molar-refractivity contribution in [2.75, 3.05) is 12.4 Å². The molecule has 0 radical (unpaired) electrons. The van der Waals surface area contributed by atoms with Crippen molar-refractivity contribution in [1.29, 1.82) is 0 Å². The molecule has 0 unspecified atom stereocenters. The van der Waals surface area contributed by atoms with Gasteiger partial charge in [0.15, 0.2) is 0 Å². The van der Waals surface area contributed by atoms with Gasteiger partial charge in [-0.3, -0.25) is 0 Å².